The van der Waals surface area contributed by atoms with Gasteiger partial charge in [-0.2, -0.15) is 0 Å². The van der Waals surface area contributed by atoms with Crippen molar-refractivity contribution >= 4 is 11.8 Å². The van der Waals surface area contributed by atoms with Crippen molar-refractivity contribution in [3.63, 3.8) is 0 Å². The summed E-state index contributed by atoms with van der Waals surface area (Å²) in [5.41, 5.74) is 3.96. The molecule has 1 unspecified atom stereocenters. The van der Waals surface area contributed by atoms with E-state index < -0.39 is 5.79 Å². The Morgan fingerprint density at radius 2 is 2.00 bits per heavy atom. The summed E-state index contributed by atoms with van der Waals surface area (Å²) in [5, 5.41) is 0. The Bertz CT molecular complexity index is 767. The van der Waals surface area contributed by atoms with E-state index in [1.807, 2.05) is 32.7 Å². The summed E-state index contributed by atoms with van der Waals surface area (Å²) in [6.45, 7) is 9.65. The zero-order valence-electron chi connectivity index (χ0n) is 16.0. The lowest BCUT2D eigenvalue weighted by atomic mass is 10.1. The second kappa shape index (κ2) is 6.72. The number of imidazole rings is 1. The van der Waals surface area contributed by atoms with Gasteiger partial charge in [-0.15, -0.1) is 0 Å². The molecule has 3 heterocycles. The van der Waals surface area contributed by atoms with Gasteiger partial charge in [0.05, 0.1) is 23.3 Å². The Balaban J connectivity index is 2.00. The number of ether oxygens (including phenoxy) is 2. The second-order valence-electron chi connectivity index (χ2n) is 6.66. The molecule has 0 bridgehead atoms. The van der Waals surface area contributed by atoms with Crippen LogP contribution in [-0.4, -0.2) is 46.1 Å². The first-order valence-electron chi connectivity index (χ1n) is 8.70. The first-order valence-corrected chi connectivity index (χ1v) is 8.70. The molecule has 1 aliphatic heterocycles. The van der Waals surface area contributed by atoms with Crippen LogP contribution < -0.4 is 4.90 Å². The van der Waals surface area contributed by atoms with Crippen molar-refractivity contribution < 1.29 is 9.47 Å². The summed E-state index contributed by atoms with van der Waals surface area (Å²) in [6.07, 6.45) is 3.51. The van der Waals surface area contributed by atoms with E-state index in [0.717, 1.165) is 47.5 Å². The van der Waals surface area contributed by atoms with Crippen LogP contribution in [0.15, 0.2) is 6.20 Å². The first kappa shape index (κ1) is 17.8. The topological polar surface area (TPSA) is 68.6 Å². The third-order valence-electron chi connectivity index (χ3n) is 4.63. The lowest BCUT2D eigenvalue weighted by Crippen LogP contribution is -2.23. The molecule has 0 spiro atoms. The summed E-state index contributed by atoms with van der Waals surface area (Å²) in [5.74, 6) is 1.22. The Morgan fingerprint density at radius 1 is 1.28 bits per heavy atom. The molecule has 7 heteroatoms. The van der Waals surface area contributed by atoms with Crippen LogP contribution >= 0.6 is 0 Å². The Hall–Kier alpha value is -1.99. The van der Waals surface area contributed by atoms with Gasteiger partial charge in [-0.05, 0) is 27.2 Å². The molecule has 0 radical (unpaired) electrons. The minimum atomic E-state index is -0.480. The number of aryl methyl sites for hydroxylation is 3. The van der Waals surface area contributed by atoms with E-state index in [2.05, 4.69) is 21.5 Å². The number of aromatic nitrogens is 4. The number of methoxy groups -OCH3 is 1. The van der Waals surface area contributed by atoms with Crippen molar-refractivity contribution in [2.24, 2.45) is 0 Å². The highest BCUT2D eigenvalue weighted by molar-refractivity contribution is 5.55. The fourth-order valence-electron chi connectivity index (χ4n) is 3.17. The molecule has 2 aromatic heterocycles. The molecule has 1 saturated heterocycles. The van der Waals surface area contributed by atoms with E-state index >= 15 is 0 Å². The molecule has 0 aromatic carbocycles. The maximum Gasteiger partial charge on any atom is 0.211 e. The van der Waals surface area contributed by atoms with Crippen LogP contribution in [0, 0.1) is 20.8 Å². The smallest absolute Gasteiger partial charge is 0.211 e. The molecule has 25 heavy (non-hydrogen) atoms. The lowest BCUT2D eigenvalue weighted by Gasteiger charge is -2.21. The number of hydrogen-bond acceptors (Lipinski definition) is 6. The van der Waals surface area contributed by atoms with Crippen molar-refractivity contribution in [3.05, 3.63) is 29.0 Å². The molecule has 7 nitrogen and oxygen atoms in total. The average molecular weight is 345 g/mol. The molecular formula is C18H27N5O2. The van der Waals surface area contributed by atoms with Crippen LogP contribution in [0.1, 0.15) is 36.1 Å². The highest BCUT2D eigenvalue weighted by Crippen LogP contribution is 2.35. The van der Waals surface area contributed by atoms with E-state index in [9.17, 15) is 0 Å². The summed E-state index contributed by atoms with van der Waals surface area (Å²) in [7, 11) is 3.69. The molecule has 0 amide bonds. The van der Waals surface area contributed by atoms with E-state index in [4.69, 9.17) is 14.5 Å². The fourth-order valence-corrected chi connectivity index (χ4v) is 3.17. The van der Waals surface area contributed by atoms with Crippen molar-refractivity contribution in [1.82, 2.24) is 19.5 Å². The maximum absolute atomic E-state index is 5.53. The zero-order chi connectivity index (χ0) is 18.2. The number of epoxide rings is 1. The molecule has 0 N–H and O–H groups in total. The second-order valence-corrected chi connectivity index (χ2v) is 6.66. The van der Waals surface area contributed by atoms with E-state index in [0.29, 0.717) is 13.0 Å². The Labute approximate surface area is 149 Å². The quantitative estimate of drug-likeness (QED) is 0.719. The molecule has 1 fully saturated rings. The normalized spacial score (nSPS) is 19.3. The molecule has 136 valence electrons. The average Bonchev–Trinajstić information content (AvgIpc) is 3.29. The van der Waals surface area contributed by atoms with Crippen molar-refractivity contribution in [3.8, 4) is 0 Å². The predicted octanol–water partition coefficient (Wildman–Crippen LogP) is 2.69. The van der Waals surface area contributed by atoms with Gasteiger partial charge in [0.15, 0.2) is 11.6 Å². The van der Waals surface area contributed by atoms with Crippen molar-refractivity contribution in [2.75, 3.05) is 25.7 Å². The van der Waals surface area contributed by atoms with Crippen LogP contribution in [0.2, 0.25) is 0 Å². The van der Waals surface area contributed by atoms with Crippen molar-refractivity contribution in [1.29, 1.82) is 0 Å². The van der Waals surface area contributed by atoms with Gasteiger partial charge in [0.1, 0.15) is 6.61 Å². The minimum Gasteiger partial charge on any atom is -0.351 e. The molecule has 3 rings (SSSR count). The van der Waals surface area contributed by atoms with Gasteiger partial charge in [0.2, 0.25) is 5.95 Å². The number of anilines is 2. The standard InChI is InChI=1S/C18H27N5O2/c1-7-8-23-15(9-18(24-6)11-25-18)13(3)21-17(23)22(5)16-14(4)20-12(2)10-19-16/h10H,7-9,11H2,1-6H3. The van der Waals surface area contributed by atoms with E-state index in [1.54, 1.807) is 13.3 Å². The van der Waals surface area contributed by atoms with Crippen LogP contribution in [0.4, 0.5) is 11.8 Å². The largest absolute Gasteiger partial charge is 0.351 e. The Kier molecular flexibility index (Phi) is 4.79. The highest BCUT2D eigenvalue weighted by atomic mass is 16.8. The van der Waals surface area contributed by atoms with Gasteiger partial charge < -0.3 is 14.0 Å². The Morgan fingerprint density at radius 3 is 2.56 bits per heavy atom. The van der Waals surface area contributed by atoms with Gasteiger partial charge >= 0.3 is 0 Å². The first-order chi connectivity index (χ1) is 11.9. The lowest BCUT2D eigenvalue weighted by molar-refractivity contribution is -0.0104. The summed E-state index contributed by atoms with van der Waals surface area (Å²) in [4.78, 5) is 15.9. The van der Waals surface area contributed by atoms with Gasteiger partial charge in [-0.3, -0.25) is 9.88 Å². The molecule has 2 aromatic rings. The molecule has 1 atom stereocenters. The van der Waals surface area contributed by atoms with Gasteiger partial charge in [0, 0.05) is 32.8 Å². The van der Waals surface area contributed by atoms with Crippen LogP contribution in [0.5, 0.6) is 0 Å². The number of nitrogens with zero attached hydrogens (tertiary/aromatic N) is 5. The minimum absolute atomic E-state index is 0.480. The molecular weight excluding hydrogens is 318 g/mol. The predicted molar refractivity (Wildman–Crippen MR) is 96.2 cm³/mol. The SMILES string of the molecule is CCCn1c(N(C)c2ncc(C)nc2C)nc(C)c1CC1(OC)CO1. The highest BCUT2D eigenvalue weighted by Gasteiger charge is 2.46. The third kappa shape index (κ3) is 3.39. The van der Waals surface area contributed by atoms with E-state index in [1.165, 1.54) is 0 Å². The van der Waals surface area contributed by atoms with Gasteiger partial charge in [-0.25, -0.2) is 9.97 Å². The number of hydrogen-bond donors (Lipinski definition) is 0. The fraction of sp³-hybridized carbons (Fsp3) is 0.611. The molecule has 1 aliphatic rings. The summed E-state index contributed by atoms with van der Waals surface area (Å²) >= 11 is 0. The van der Waals surface area contributed by atoms with Crippen molar-refractivity contribution in [2.45, 2.75) is 52.9 Å². The van der Waals surface area contributed by atoms with Gasteiger partial charge in [0.25, 0.3) is 0 Å². The van der Waals surface area contributed by atoms with Crippen LogP contribution in [0.3, 0.4) is 0 Å². The summed E-state index contributed by atoms with van der Waals surface area (Å²) < 4.78 is 13.3. The third-order valence-corrected chi connectivity index (χ3v) is 4.63. The zero-order valence-corrected chi connectivity index (χ0v) is 16.0. The maximum atomic E-state index is 5.53. The summed E-state index contributed by atoms with van der Waals surface area (Å²) in [6, 6.07) is 0. The van der Waals surface area contributed by atoms with E-state index in [-0.39, 0.29) is 0 Å². The monoisotopic (exact) mass is 345 g/mol. The molecule has 0 saturated carbocycles. The molecule has 0 aliphatic carbocycles. The van der Waals surface area contributed by atoms with Crippen LogP contribution in [0.25, 0.3) is 0 Å². The van der Waals surface area contributed by atoms with Crippen LogP contribution in [-0.2, 0) is 22.4 Å². The van der Waals surface area contributed by atoms with Gasteiger partial charge in [-0.1, -0.05) is 6.92 Å². The number of rotatable bonds is 7.